The Morgan fingerprint density at radius 1 is 1.24 bits per heavy atom. The molecule has 3 heterocycles. The third-order valence-corrected chi connectivity index (χ3v) is 4.37. The largest absolute Gasteiger partial charge is 0.371 e. The van der Waals surface area contributed by atoms with Crippen LogP contribution in [0, 0.1) is 5.92 Å². The Morgan fingerprint density at radius 2 is 2.04 bits per heavy atom. The molecule has 0 fully saturated rings. The highest BCUT2D eigenvalue weighted by molar-refractivity contribution is 5.76. The fraction of sp³-hybridized carbons (Fsp3) is 0.500. The van der Waals surface area contributed by atoms with E-state index in [4.69, 9.17) is 4.74 Å². The Hall–Kier alpha value is -2.25. The van der Waals surface area contributed by atoms with Crippen LogP contribution in [0.2, 0.25) is 0 Å². The second kappa shape index (κ2) is 8.22. The molecular formula is C18H25N5O2. The SMILES string of the molecule is CN(C)C(=O)COCC1CN(Cc2ccncc2)Cc2ccnn2C1. The van der Waals surface area contributed by atoms with E-state index in [1.807, 2.05) is 35.4 Å². The maximum Gasteiger partial charge on any atom is 0.248 e. The summed E-state index contributed by atoms with van der Waals surface area (Å²) in [5.41, 5.74) is 2.45. The third kappa shape index (κ3) is 4.87. The van der Waals surface area contributed by atoms with E-state index < -0.39 is 0 Å². The van der Waals surface area contributed by atoms with Gasteiger partial charge in [-0.3, -0.25) is 19.4 Å². The molecule has 25 heavy (non-hydrogen) atoms. The zero-order chi connectivity index (χ0) is 17.6. The number of hydrogen-bond acceptors (Lipinski definition) is 5. The predicted octanol–water partition coefficient (Wildman–Crippen LogP) is 1.01. The molecule has 2 aromatic heterocycles. The molecule has 0 saturated heterocycles. The highest BCUT2D eigenvalue weighted by Crippen LogP contribution is 2.18. The summed E-state index contributed by atoms with van der Waals surface area (Å²) < 4.78 is 7.72. The average Bonchev–Trinajstić information content (AvgIpc) is 2.95. The molecule has 7 nitrogen and oxygen atoms in total. The van der Waals surface area contributed by atoms with Gasteiger partial charge in [0, 0.05) is 64.8 Å². The Bertz CT molecular complexity index is 686. The molecule has 1 amide bonds. The molecule has 0 spiro atoms. The van der Waals surface area contributed by atoms with E-state index in [2.05, 4.69) is 21.0 Å². The zero-order valence-corrected chi connectivity index (χ0v) is 14.8. The number of likely N-dealkylation sites (N-methyl/N-ethyl adjacent to an activating group) is 1. The molecule has 1 atom stereocenters. The van der Waals surface area contributed by atoms with E-state index in [1.54, 1.807) is 19.0 Å². The lowest BCUT2D eigenvalue weighted by Gasteiger charge is -2.24. The quantitative estimate of drug-likeness (QED) is 0.783. The summed E-state index contributed by atoms with van der Waals surface area (Å²) in [6, 6.07) is 6.16. The van der Waals surface area contributed by atoms with E-state index >= 15 is 0 Å². The summed E-state index contributed by atoms with van der Waals surface area (Å²) in [5, 5.41) is 4.43. The average molecular weight is 343 g/mol. The second-order valence-electron chi connectivity index (χ2n) is 6.70. The lowest BCUT2D eigenvalue weighted by molar-refractivity contribution is -0.134. The monoisotopic (exact) mass is 343 g/mol. The van der Waals surface area contributed by atoms with Gasteiger partial charge in [0.25, 0.3) is 0 Å². The van der Waals surface area contributed by atoms with Crippen LogP contribution in [0.25, 0.3) is 0 Å². The Morgan fingerprint density at radius 3 is 2.80 bits per heavy atom. The van der Waals surface area contributed by atoms with Gasteiger partial charge < -0.3 is 9.64 Å². The van der Waals surface area contributed by atoms with Crippen LogP contribution < -0.4 is 0 Å². The van der Waals surface area contributed by atoms with E-state index in [0.29, 0.717) is 6.61 Å². The van der Waals surface area contributed by atoms with Crippen molar-refractivity contribution in [3.63, 3.8) is 0 Å². The van der Waals surface area contributed by atoms with Gasteiger partial charge in [-0.15, -0.1) is 0 Å². The van der Waals surface area contributed by atoms with Gasteiger partial charge in [-0.2, -0.15) is 5.10 Å². The smallest absolute Gasteiger partial charge is 0.248 e. The van der Waals surface area contributed by atoms with Gasteiger partial charge in [0.05, 0.1) is 12.3 Å². The Balaban J connectivity index is 1.63. The Labute approximate surface area is 148 Å². The van der Waals surface area contributed by atoms with Crippen LogP contribution >= 0.6 is 0 Å². The highest BCUT2D eigenvalue weighted by Gasteiger charge is 2.23. The van der Waals surface area contributed by atoms with Crippen LogP contribution in [-0.4, -0.2) is 64.3 Å². The second-order valence-corrected chi connectivity index (χ2v) is 6.70. The third-order valence-electron chi connectivity index (χ3n) is 4.37. The van der Waals surface area contributed by atoms with E-state index in [1.165, 1.54) is 11.3 Å². The molecule has 1 aliphatic heterocycles. The first-order valence-corrected chi connectivity index (χ1v) is 8.51. The molecule has 0 N–H and O–H groups in total. The first-order valence-electron chi connectivity index (χ1n) is 8.51. The van der Waals surface area contributed by atoms with Gasteiger partial charge in [-0.05, 0) is 23.8 Å². The number of ether oxygens (including phenoxy) is 1. The number of amides is 1. The van der Waals surface area contributed by atoms with Crippen molar-refractivity contribution in [3.05, 3.63) is 48.0 Å². The van der Waals surface area contributed by atoms with Gasteiger partial charge in [0.2, 0.25) is 5.91 Å². The first kappa shape index (κ1) is 17.6. The molecule has 0 aromatic carbocycles. The molecule has 2 aromatic rings. The van der Waals surface area contributed by atoms with Gasteiger partial charge in [-0.25, -0.2) is 0 Å². The molecule has 0 radical (unpaired) electrons. The van der Waals surface area contributed by atoms with Crippen LogP contribution in [-0.2, 0) is 29.2 Å². The van der Waals surface area contributed by atoms with Crippen molar-refractivity contribution in [2.45, 2.75) is 19.6 Å². The van der Waals surface area contributed by atoms with Crippen LogP contribution in [0.3, 0.4) is 0 Å². The summed E-state index contributed by atoms with van der Waals surface area (Å²) in [7, 11) is 3.48. The van der Waals surface area contributed by atoms with Crippen LogP contribution in [0.5, 0.6) is 0 Å². The van der Waals surface area contributed by atoms with Crippen molar-refractivity contribution in [2.24, 2.45) is 5.92 Å². The lowest BCUT2D eigenvalue weighted by Crippen LogP contribution is -2.32. The van der Waals surface area contributed by atoms with Gasteiger partial charge in [-0.1, -0.05) is 0 Å². The summed E-state index contributed by atoms with van der Waals surface area (Å²) in [6.45, 7) is 4.11. The minimum absolute atomic E-state index is 0.0120. The Kier molecular flexibility index (Phi) is 5.78. The molecular weight excluding hydrogens is 318 g/mol. The minimum Gasteiger partial charge on any atom is -0.371 e. The van der Waals surface area contributed by atoms with E-state index in [0.717, 1.165) is 26.2 Å². The number of carbonyl (C=O) groups excluding carboxylic acids is 1. The predicted molar refractivity (Wildman–Crippen MR) is 93.6 cm³/mol. The molecule has 0 saturated carbocycles. The van der Waals surface area contributed by atoms with Crippen molar-refractivity contribution in [1.29, 1.82) is 0 Å². The fourth-order valence-corrected chi connectivity index (χ4v) is 3.03. The minimum atomic E-state index is -0.0120. The van der Waals surface area contributed by atoms with Crippen molar-refractivity contribution in [3.8, 4) is 0 Å². The van der Waals surface area contributed by atoms with Crippen LogP contribution in [0.1, 0.15) is 11.3 Å². The van der Waals surface area contributed by atoms with Gasteiger partial charge in [0.1, 0.15) is 6.61 Å². The molecule has 1 unspecified atom stereocenters. The summed E-state index contributed by atoms with van der Waals surface area (Å²) >= 11 is 0. The first-order chi connectivity index (χ1) is 12.1. The van der Waals surface area contributed by atoms with Crippen molar-refractivity contribution in [1.82, 2.24) is 24.6 Å². The number of nitrogens with zero attached hydrogens (tertiary/aromatic N) is 5. The maximum absolute atomic E-state index is 11.7. The molecule has 3 rings (SSSR count). The fourth-order valence-electron chi connectivity index (χ4n) is 3.03. The number of pyridine rings is 1. The number of fused-ring (bicyclic) bond motifs is 1. The summed E-state index contributed by atoms with van der Waals surface area (Å²) in [6.07, 6.45) is 5.49. The van der Waals surface area contributed by atoms with Crippen molar-refractivity contribution >= 4 is 5.91 Å². The van der Waals surface area contributed by atoms with Crippen molar-refractivity contribution < 1.29 is 9.53 Å². The molecule has 0 bridgehead atoms. The molecule has 1 aliphatic rings. The highest BCUT2D eigenvalue weighted by atomic mass is 16.5. The number of aromatic nitrogens is 3. The number of carbonyl (C=O) groups is 1. The normalized spacial score (nSPS) is 17.8. The topological polar surface area (TPSA) is 63.5 Å². The number of hydrogen-bond donors (Lipinski definition) is 0. The molecule has 134 valence electrons. The standard InChI is InChI=1S/C18H25N5O2/c1-21(2)18(24)14-25-13-16-10-22(9-15-3-6-19-7-4-15)12-17-5-8-20-23(17)11-16/h3-8,16H,9-14H2,1-2H3. The van der Waals surface area contributed by atoms with Crippen molar-refractivity contribution in [2.75, 3.05) is 33.9 Å². The molecule has 7 heteroatoms. The van der Waals surface area contributed by atoms with Crippen LogP contribution in [0.4, 0.5) is 0 Å². The van der Waals surface area contributed by atoms with E-state index in [9.17, 15) is 4.79 Å². The molecule has 0 aliphatic carbocycles. The number of rotatable bonds is 6. The summed E-state index contributed by atoms with van der Waals surface area (Å²) in [5.74, 6) is 0.278. The lowest BCUT2D eigenvalue weighted by atomic mass is 10.1. The summed E-state index contributed by atoms with van der Waals surface area (Å²) in [4.78, 5) is 19.7. The van der Waals surface area contributed by atoms with E-state index in [-0.39, 0.29) is 18.4 Å². The maximum atomic E-state index is 11.7. The van der Waals surface area contributed by atoms with Crippen LogP contribution in [0.15, 0.2) is 36.8 Å². The van der Waals surface area contributed by atoms with Gasteiger partial charge >= 0.3 is 0 Å². The zero-order valence-electron chi connectivity index (χ0n) is 14.8. The van der Waals surface area contributed by atoms with Gasteiger partial charge in [0.15, 0.2) is 0 Å².